The van der Waals surface area contributed by atoms with E-state index in [1.54, 1.807) is 0 Å². The Morgan fingerprint density at radius 2 is 0.485 bits per heavy atom. The Morgan fingerprint density at radius 1 is 0.279 bits per heavy atom. The van der Waals surface area contributed by atoms with E-state index in [0.717, 1.165) is 70.6 Å². The maximum atomic E-state index is 12.7. The SMILES string of the molecule is CCCCCCC/C=C\CCCCCCCC(=O)OC(COC(=O)CCCCCCC)COC(=O)CCCCCCCCCCCCCCCCCCCCC/C=C\CCCCCCCCCC. The highest BCUT2D eigenvalue weighted by molar-refractivity contribution is 5.71. The summed E-state index contributed by atoms with van der Waals surface area (Å²) in [5.41, 5.74) is 0. The van der Waals surface area contributed by atoms with Gasteiger partial charge in [0.05, 0.1) is 0 Å². The highest BCUT2D eigenvalue weighted by atomic mass is 16.6. The first kappa shape index (κ1) is 65.9. The first-order chi connectivity index (χ1) is 33.5. The molecule has 0 saturated heterocycles. The lowest BCUT2D eigenvalue weighted by Gasteiger charge is -2.18. The van der Waals surface area contributed by atoms with Crippen molar-refractivity contribution in [1.29, 1.82) is 0 Å². The van der Waals surface area contributed by atoms with Crippen molar-refractivity contribution in [3.8, 4) is 0 Å². The van der Waals surface area contributed by atoms with E-state index < -0.39 is 6.10 Å². The Hall–Kier alpha value is -2.11. The topological polar surface area (TPSA) is 78.9 Å². The molecular formula is C62H116O6. The van der Waals surface area contributed by atoms with Crippen LogP contribution in [0.15, 0.2) is 24.3 Å². The molecule has 0 radical (unpaired) electrons. The van der Waals surface area contributed by atoms with E-state index in [1.165, 1.54) is 225 Å². The Kier molecular flexibility index (Phi) is 55.7. The zero-order chi connectivity index (χ0) is 49.3. The Bertz CT molecular complexity index is 1100. The summed E-state index contributed by atoms with van der Waals surface area (Å²) in [5, 5.41) is 0. The lowest BCUT2D eigenvalue weighted by Crippen LogP contribution is -2.30. The van der Waals surface area contributed by atoms with Gasteiger partial charge in [0.25, 0.3) is 0 Å². The van der Waals surface area contributed by atoms with Gasteiger partial charge in [0.15, 0.2) is 6.10 Å². The van der Waals surface area contributed by atoms with Gasteiger partial charge in [-0.25, -0.2) is 0 Å². The van der Waals surface area contributed by atoms with Gasteiger partial charge in [-0.05, 0) is 70.6 Å². The second-order valence-corrected chi connectivity index (χ2v) is 20.6. The lowest BCUT2D eigenvalue weighted by atomic mass is 10.0. The zero-order valence-electron chi connectivity index (χ0n) is 45.9. The van der Waals surface area contributed by atoms with Gasteiger partial charge in [-0.15, -0.1) is 0 Å². The molecule has 1 atom stereocenters. The molecule has 0 N–H and O–H groups in total. The third-order valence-corrected chi connectivity index (χ3v) is 13.7. The van der Waals surface area contributed by atoms with Gasteiger partial charge < -0.3 is 14.2 Å². The fourth-order valence-corrected chi connectivity index (χ4v) is 9.08. The molecule has 400 valence electrons. The van der Waals surface area contributed by atoms with E-state index in [1.807, 2.05) is 0 Å². The van der Waals surface area contributed by atoms with Gasteiger partial charge in [-0.1, -0.05) is 270 Å². The molecule has 0 aromatic rings. The van der Waals surface area contributed by atoms with Crippen LogP contribution >= 0.6 is 0 Å². The first-order valence-corrected chi connectivity index (χ1v) is 30.3. The molecule has 0 aromatic heterocycles. The van der Waals surface area contributed by atoms with Crippen LogP contribution in [0, 0.1) is 0 Å². The van der Waals surface area contributed by atoms with E-state index in [-0.39, 0.29) is 31.1 Å². The summed E-state index contributed by atoms with van der Waals surface area (Å²) in [5.74, 6) is -0.877. The van der Waals surface area contributed by atoms with Crippen LogP contribution in [0.5, 0.6) is 0 Å². The van der Waals surface area contributed by atoms with Gasteiger partial charge in [-0.2, -0.15) is 0 Å². The molecule has 6 heteroatoms. The van der Waals surface area contributed by atoms with Gasteiger partial charge in [0.2, 0.25) is 0 Å². The molecule has 0 aliphatic rings. The third-order valence-electron chi connectivity index (χ3n) is 13.7. The van der Waals surface area contributed by atoms with Crippen molar-refractivity contribution in [1.82, 2.24) is 0 Å². The number of ether oxygens (including phenoxy) is 3. The molecule has 0 saturated carbocycles. The number of hydrogen-bond acceptors (Lipinski definition) is 6. The van der Waals surface area contributed by atoms with Crippen LogP contribution < -0.4 is 0 Å². The highest BCUT2D eigenvalue weighted by Crippen LogP contribution is 2.17. The van der Waals surface area contributed by atoms with E-state index >= 15 is 0 Å². The van der Waals surface area contributed by atoms with Crippen molar-refractivity contribution in [2.75, 3.05) is 13.2 Å². The van der Waals surface area contributed by atoms with Crippen LogP contribution in [0.4, 0.5) is 0 Å². The molecular weight excluding hydrogens is 841 g/mol. The minimum absolute atomic E-state index is 0.0708. The number of carbonyl (C=O) groups is 3. The van der Waals surface area contributed by atoms with Crippen LogP contribution in [0.2, 0.25) is 0 Å². The fourth-order valence-electron chi connectivity index (χ4n) is 9.08. The maximum absolute atomic E-state index is 12.7. The standard InChI is InChI=1S/C62H116O6/c1-4-7-10-13-15-17-19-21-23-24-25-26-27-28-29-30-31-32-33-34-35-36-37-38-39-41-42-44-46-49-52-55-61(64)67-58-59(57-66-60(63)54-51-48-12-9-6-3)68-62(65)56-53-50-47-45-43-40-22-20-18-16-14-11-8-5-2/h20,22,24-25,59H,4-19,21,23,26-58H2,1-3H3/b22-20-,25-24-. The number of rotatable bonds is 56. The predicted octanol–water partition coefficient (Wildman–Crippen LogP) is 20.3. The number of carbonyl (C=O) groups excluding carboxylic acids is 3. The van der Waals surface area contributed by atoms with Crippen molar-refractivity contribution in [3.05, 3.63) is 24.3 Å². The average Bonchev–Trinajstić information content (AvgIpc) is 3.34. The molecule has 0 heterocycles. The Balaban J connectivity index is 3.90. The van der Waals surface area contributed by atoms with Crippen LogP contribution in [-0.2, 0) is 28.6 Å². The number of hydrogen-bond donors (Lipinski definition) is 0. The molecule has 1 unspecified atom stereocenters. The second kappa shape index (κ2) is 57.5. The first-order valence-electron chi connectivity index (χ1n) is 30.3. The summed E-state index contributed by atoms with van der Waals surface area (Å²) in [7, 11) is 0. The van der Waals surface area contributed by atoms with Crippen molar-refractivity contribution in [2.24, 2.45) is 0 Å². The second-order valence-electron chi connectivity index (χ2n) is 20.6. The monoisotopic (exact) mass is 957 g/mol. The van der Waals surface area contributed by atoms with Crippen LogP contribution in [-0.4, -0.2) is 37.2 Å². The zero-order valence-corrected chi connectivity index (χ0v) is 45.9. The van der Waals surface area contributed by atoms with Crippen molar-refractivity contribution >= 4 is 17.9 Å². The molecule has 0 amide bonds. The van der Waals surface area contributed by atoms with Crippen LogP contribution in [0.1, 0.15) is 335 Å². The summed E-state index contributed by atoms with van der Waals surface area (Å²) in [6, 6.07) is 0. The maximum Gasteiger partial charge on any atom is 0.306 e. The molecule has 0 spiro atoms. The van der Waals surface area contributed by atoms with Crippen molar-refractivity contribution in [3.63, 3.8) is 0 Å². The summed E-state index contributed by atoms with van der Waals surface area (Å²) >= 11 is 0. The summed E-state index contributed by atoms with van der Waals surface area (Å²) < 4.78 is 16.7. The van der Waals surface area contributed by atoms with Crippen molar-refractivity contribution in [2.45, 2.75) is 341 Å². The minimum atomic E-state index is -0.768. The Morgan fingerprint density at radius 3 is 0.735 bits per heavy atom. The third kappa shape index (κ3) is 54.8. The Labute approximate surface area is 423 Å². The largest absolute Gasteiger partial charge is 0.462 e. The smallest absolute Gasteiger partial charge is 0.306 e. The van der Waals surface area contributed by atoms with Gasteiger partial charge >= 0.3 is 17.9 Å². The summed E-state index contributed by atoms with van der Waals surface area (Å²) in [6.07, 6.45) is 68.2. The van der Waals surface area contributed by atoms with Gasteiger partial charge in [-0.3, -0.25) is 14.4 Å². The van der Waals surface area contributed by atoms with E-state index in [4.69, 9.17) is 14.2 Å². The molecule has 0 fully saturated rings. The molecule has 0 aliphatic heterocycles. The molecule has 0 aliphatic carbocycles. The molecule has 68 heavy (non-hydrogen) atoms. The number of unbranched alkanes of at least 4 members (excludes halogenated alkanes) is 41. The fraction of sp³-hybridized carbons (Fsp3) is 0.887. The van der Waals surface area contributed by atoms with Gasteiger partial charge in [0, 0.05) is 19.3 Å². The molecule has 0 rings (SSSR count). The quantitative estimate of drug-likeness (QED) is 0.0262. The minimum Gasteiger partial charge on any atom is -0.462 e. The summed E-state index contributed by atoms with van der Waals surface area (Å²) in [4.78, 5) is 37.7. The summed E-state index contributed by atoms with van der Waals surface area (Å²) in [6.45, 7) is 6.58. The molecule has 6 nitrogen and oxygen atoms in total. The molecule has 0 bridgehead atoms. The van der Waals surface area contributed by atoms with E-state index in [9.17, 15) is 14.4 Å². The van der Waals surface area contributed by atoms with E-state index in [0.29, 0.717) is 19.3 Å². The van der Waals surface area contributed by atoms with E-state index in [2.05, 4.69) is 45.1 Å². The van der Waals surface area contributed by atoms with Gasteiger partial charge in [0.1, 0.15) is 13.2 Å². The van der Waals surface area contributed by atoms with Crippen LogP contribution in [0.3, 0.4) is 0 Å². The normalized spacial score (nSPS) is 12.1. The molecule has 0 aromatic carbocycles. The number of allylic oxidation sites excluding steroid dienone is 4. The lowest BCUT2D eigenvalue weighted by molar-refractivity contribution is -0.167. The average molecular weight is 958 g/mol. The van der Waals surface area contributed by atoms with Crippen molar-refractivity contribution < 1.29 is 28.6 Å². The highest BCUT2D eigenvalue weighted by Gasteiger charge is 2.19. The number of esters is 3. The predicted molar refractivity (Wildman–Crippen MR) is 293 cm³/mol. The van der Waals surface area contributed by atoms with Crippen LogP contribution in [0.25, 0.3) is 0 Å².